The molecule has 2 saturated heterocycles. The van der Waals surface area contributed by atoms with E-state index in [4.69, 9.17) is 4.74 Å². The fourth-order valence-electron chi connectivity index (χ4n) is 2.92. The number of hydrogen-bond donors (Lipinski definition) is 1. The molecule has 2 fully saturated rings. The molecule has 0 aromatic carbocycles. The Balaban J connectivity index is 2.01. The summed E-state index contributed by atoms with van der Waals surface area (Å²) in [6, 6.07) is 0.616. The number of rotatable bonds is 2. The van der Waals surface area contributed by atoms with Crippen LogP contribution in [0.1, 0.15) is 27.7 Å². The normalized spacial score (nSPS) is 41.3. The monoisotopic (exact) mass is 242 g/mol. The van der Waals surface area contributed by atoms with Crippen LogP contribution in [-0.2, 0) is 4.74 Å². The third kappa shape index (κ3) is 2.24. The Labute approximate surface area is 105 Å². The van der Waals surface area contributed by atoms with Crippen LogP contribution in [0.4, 0.5) is 0 Å². The first-order valence-corrected chi connectivity index (χ1v) is 6.66. The lowest BCUT2D eigenvalue weighted by Gasteiger charge is -2.48. The lowest BCUT2D eigenvalue weighted by Crippen LogP contribution is -2.65. The van der Waals surface area contributed by atoms with Crippen LogP contribution in [0.5, 0.6) is 0 Å². The topological polar surface area (TPSA) is 35.9 Å². The molecule has 100 valence electrons. The Hall–Kier alpha value is -0.160. The Morgan fingerprint density at radius 3 is 2.06 bits per heavy atom. The Morgan fingerprint density at radius 2 is 1.65 bits per heavy atom. The van der Waals surface area contributed by atoms with E-state index in [9.17, 15) is 5.11 Å². The molecule has 2 atom stereocenters. The van der Waals surface area contributed by atoms with Gasteiger partial charge in [0, 0.05) is 32.2 Å². The van der Waals surface area contributed by atoms with Crippen molar-refractivity contribution in [2.75, 3.05) is 39.4 Å². The van der Waals surface area contributed by atoms with Crippen molar-refractivity contribution in [3.05, 3.63) is 0 Å². The molecule has 0 aliphatic carbocycles. The molecule has 1 N–H and O–H groups in total. The van der Waals surface area contributed by atoms with E-state index in [-0.39, 0.29) is 5.54 Å². The van der Waals surface area contributed by atoms with Crippen LogP contribution in [0.3, 0.4) is 0 Å². The molecule has 0 amide bonds. The van der Waals surface area contributed by atoms with E-state index in [1.54, 1.807) is 0 Å². The molecule has 2 heterocycles. The summed E-state index contributed by atoms with van der Waals surface area (Å²) in [5.41, 5.74) is -0.955. The molecular formula is C13H26N2O2. The minimum atomic E-state index is -0.729. The average molecular weight is 242 g/mol. The van der Waals surface area contributed by atoms with Gasteiger partial charge in [0.2, 0.25) is 0 Å². The summed E-state index contributed by atoms with van der Waals surface area (Å²) in [5, 5.41) is 10.5. The summed E-state index contributed by atoms with van der Waals surface area (Å²) in [6.07, 6.45) is 0. The van der Waals surface area contributed by atoms with Gasteiger partial charge in [0.25, 0.3) is 0 Å². The molecule has 2 rings (SSSR count). The van der Waals surface area contributed by atoms with Gasteiger partial charge < -0.3 is 9.84 Å². The van der Waals surface area contributed by atoms with E-state index in [1.165, 1.54) is 0 Å². The molecule has 2 aliphatic heterocycles. The number of piperazine rings is 1. The van der Waals surface area contributed by atoms with Crippen molar-refractivity contribution in [1.29, 1.82) is 0 Å². The number of aliphatic hydroxyl groups is 1. The summed E-state index contributed by atoms with van der Waals surface area (Å²) in [7, 11) is 0. The van der Waals surface area contributed by atoms with Crippen LogP contribution in [-0.4, -0.2) is 71.5 Å². The van der Waals surface area contributed by atoms with Crippen molar-refractivity contribution in [3.63, 3.8) is 0 Å². The maximum atomic E-state index is 10.5. The van der Waals surface area contributed by atoms with Gasteiger partial charge in [0.1, 0.15) is 5.60 Å². The highest BCUT2D eigenvalue weighted by atomic mass is 16.5. The molecular weight excluding hydrogens is 216 g/mol. The summed E-state index contributed by atoms with van der Waals surface area (Å²) in [6.45, 7) is 13.8. The van der Waals surface area contributed by atoms with E-state index in [1.807, 2.05) is 6.92 Å². The van der Waals surface area contributed by atoms with Gasteiger partial charge in [-0.3, -0.25) is 9.80 Å². The maximum Gasteiger partial charge on any atom is 0.105 e. The van der Waals surface area contributed by atoms with Crippen LogP contribution >= 0.6 is 0 Å². The summed E-state index contributed by atoms with van der Waals surface area (Å²) in [4.78, 5) is 4.89. The molecule has 17 heavy (non-hydrogen) atoms. The number of hydrogen-bond acceptors (Lipinski definition) is 4. The predicted octanol–water partition coefficient (Wildman–Crippen LogP) is 0.552. The summed E-state index contributed by atoms with van der Waals surface area (Å²) < 4.78 is 5.50. The smallest absolute Gasteiger partial charge is 0.105 e. The fourth-order valence-corrected chi connectivity index (χ4v) is 2.92. The van der Waals surface area contributed by atoms with E-state index in [0.29, 0.717) is 19.3 Å². The van der Waals surface area contributed by atoms with Gasteiger partial charge in [-0.15, -0.1) is 0 Å². The fraction of sp³-hybridized carbons (Fsp3) is 1.00. The first-order chi connectivity index (χ1) is 7.87. The van der Waals surface area contributed by atoms with Gasteiger partial charge >= 0.3 is 0 Å². The van der Waals surface area contributed by atoms with Crippen molar-refractivity contribution >= 4 is 0 Å². The molecule has 0 bridgehead atoms. The van der Waals surface area contributed by atoms with Gasteiger partial charge in [-0.2, -0.15) is 0 Å². The lowest BCUT2D eigenvalue weighted by molar-refractivity contribution is -0.0762. The highest BCUT2D eigenvalue weighted by Gasteiger charge is 2.52. The molecule has 0 aromatic rings. The first kappa shape index (κ1) is 13.3. The Kier molecular flexibility index (Phi) is 3.51. The molecule has 0 radical (unpaired) electrons. The second-order valence-corrected chi connectivity index (χ2v) is 6.16. The molecule has 0 spiro atoms. The highest BCUT2D eigenvalue weighted by molar-refractivity contribution is 5.06. The van der Waals surface area contributed by atoms with Gasteiger partial charge in [-0.25, -0.2) is 0 Å². The van der Waals surface area contributed by atoms with Gasteiger partial charge in [0.05, 0.1) is 18.8 Å². The zero-order chi connectivity index (χ0) is 12.7. The predicted molar refractivity (Wildman–Crippen MR) is 68.1 cm³/mol. The van der Waals surface area contributed by atoms with Crippen LogP contribution in [0, 0.1) is 0 Å². The van der Waals surface area contributed by atoms with Gasteiger partial charge in [0.15, 0.2) is 0 Å². The number of nitrogens with zero attached hydrogens (tertiary/aromatic N) is 2. The Bertz CT molecular complexity index is 273. The molecule has 0 saturated carbocycles. The van der Waals surface area contributed by atoms with E-state index >= 15 is 0 Å². The van der Waals surface area contributed by atoms with Crippen molar-refractivity contribution in [2.24, 2.45) is 0 Å². The average Bonchev–Trinajstić information content (AvgIpc) is 2.55. The van der Waals surface area contributed by atoms with Crippen molar-refractivity contribution in [2.45, 2.75) is 44.9 Å². The number of ether oxygens (including phenoxy) is 1. The van der Waals surface area contributed by atoms with E-state index in [0.717, 1.165) is 26.2 Å². The van der Waals surface area contributed by atoms with E-state index < -0.39 is 5.60 Å². The zero-order valence-electron chi connectivity index (χ0n) is 11.6. The summed E-state index contributed by atoms with van der Waals surface area (Å²) in [5.74, 6) is 0. The minimum absolute atomic E-state index is 0.226. The van der Waals surface area contributed by atoms with Crippen molar-refractivity contribution in [1.82, 2.24) is 9.80 Å². The molecule has 0 aromatic heterocycles. The third-order valence-electron chi connectivity index (χ3n) is 4.67. The van der Waals surface area contributed by atoms with Crippen LogP contribution in [0.2, 0.25) is 0 Å². The van der Waals surface area contributed by atoms with Crippen LogP contribution < -0.4 is 0 Å². The standard InChI is InChI=1S/C13H26N2O2/c1-11(2)14-5-7-15(8-6-14)12(3)9-17-10-13(12,4)16/h11,16H,5-10H2,1-4H3/t12-,13+/m1/s1. The van der Waals surface area contributed by atoms with Gasteiger partial charge in [-0.1, -0.05) is 0 Å². The van der Waals surface area contributed by atoms with Crippen molar-refractivity contribution < 1.29 is 9.84 Å². The molecule has 2 aliphatic rings. The maximum absolute atomic E-state index is 10.5. The second-order valence-electron chi connectivity index (χ2n) is 6.16. The van der Waals surface area contributed by atoms with Crippen LogP contribution in [0.15, 0.2) is 0 Å². The summed E-state index contributed by atoms with van der Waals surface area (Å²) >= 11 is 0. The minimum Gasteiger partial charge on any atom is -0.386 e. The first-order valence-electron chi connectivity index (χ1n) is 6.66. The third-order valence-corrected chi connectivity index (χ3v) is 4.67. The highest BCUT2D eigenvalue weighted by Crippen LogP contribution is 2.35. The molecule has 4 heteroatoms. The second kappa shape index (κ2) is 4.50. The molecule has 0 unspecified atom stereocenters. The SMILES string of the molecule is CC(C)N1CCN([C@]2(C)COC[C@]2(C)O)CC1. The quantitative estimate of drug-likeness (QED) is 0.767. The Morgan fingerprint density at radius 1 is 1.06 bits per heavy atom. The van der Waals surface area contributed by atoms with Gasteiger partial charge in [-0.05, 0) is 27.7 Å². The van der Waals surface area contributed by atoms with E-state index in [2.05, 4.69) is 30.6 Å². The van der Waals surface area contributed by atoms with Crippen LogP contribution in [0.25, 0.3) is 0 Å². The van der Waals surface area contributed by atoms with Crippen molar-refractivity contribution in [3.8, 4) is 0 Å². The molecule has 4 nitrogen and oxygen atoms in total. The largest absolute Gasteiger partial charge is 0.386 e. The lowest BCUT2D eigenvalue weighted by atomic mass is 9.83. The zero-order valence-corrected chi connectivity index (χ0v) is 11.6.